The molecule has 0 N–H and O–H groups in total. The lowest BCUT2D eigenvalue weighted by molar-refractivity contribution is -0.147. The Morgan fingerprint density at radius 1 is 1.00 bits per heavy atom. The maximum Gasteiger partial charge on any atom is 0.379 e. The number of hydrogen-bond acceptors (Lipinski definition) is 7. The van der Waals surface area contributed by atoms with Crippen molar-refractivity contribution in [1.29, 1.82) is 0 Å². The van der Waals surface area contributed by atoms with Gasteiger partial charge < -0.3 is 18.8 Å². The maximum absolute atomic E-state index is 12.5. The number of carbonyl (C=O) groups excluding carboxylic acids is 4. The van der Waals surface area contributed by atoms with E-state index >= 15 is 0 Å². The molecule has 174 valence electrons. The number of benzene rings is 2. The van der Waals surface area contributed by atoms with Crippen molar-refractivity contribution in [1.82, 2.24) is 0 Å². The predicted molar refractivity (Wildman–Crippen MR) is 122 cm³/mol. The van der Waals surface area contributed by atoms with Gasteiger partial charge in [-0.3, -0.25) is 14.4 Å². The van der Waals surface area contributed by atoms with Crippen LogP contribution in [0.1, 0.15) is 38.5 Å². The smallest absolute Gasteiger partial charge is 0.379 e. The van der Waals surface area contributed by atoms with Gasteiger partial charge in [-0.25, -0.2) is 4.79 Å². The second kappa shape index (κ2) is 9.74. The van der Waals surface area contributed by atoms with E-state index in [4.69, 9.17) is 13.9 Å². The van der Waals surface area contributed by atoms with E-state index in [0.717, 1.165) is 16.8 Å². The summed E-state index contributed by atoms with van der Waals surface area (Å²) in [6.07, 6.45) is 1.40. The van der Waals surface area contributed by atoms with Gasteiger partial charge in [0.15, 0.2) is 12.4 Å². The zero-order valence-electron chi connectivity index (χ0n) is 18.8. The fourth-order valence-corrected chi connectivity index (χ4v) is 3.91. The number of anilines is 1. The summed E-state index contributed by atoms with van der Waals surface area (Å²) < 4.78 is 15.4. The van der Waals surface area contributed by atoms with Crippen molar-refractivity contribution in [2.45, 2.75) is 20.3 Å². The number of Topliss-reactive ketones (excluding diaryl/α,β-unsaturated/α-hetero) is 1. The summed E-state index contributed by atoms with van der Waals surface area (Å²) in [5.41, 5.74) is 3.02. The lowest BCUT2D eigenvalue weighted by atomic mass is 10.1. The molecule has 1 aromatic heterocycles. The first kappa shape index (κ1) is 23.0. The number of ether oxygens (including phenoxy) is 2. The molecule has 4 rings (SSSR count). The lowest BCUT2D eigenvalue weighted by Gasteiger charge is -2.21. The first-order valence-electron chi connectivity index (χ1n) is 10.8. The number of hydrogen-bond donors (Lipinski definition) is 0. The SMILES string of the molecule is Cc1cccc(C)c1N1C[C@H](C(=O)OCC(=O)c2ccc(OC(=O)c3ccco3)cc2)CC1=O. The van der Waals surface area contributed by atoms with Crippen molar-refractivity contribution in [3.63, 3.8) is 0 Å². The van der Waals surface area contributed by atoms with Gasteiger partial charge in [0.1, 0.15) is 5.75 Å². The molecule has 8 nitrogen and oxygen atoms in total. The summed E-state index contributed by atoms with van der Waals surface area (Å²) in [5.74, 6) is -2.13. The molecule has 8 heteroatoms. The minimum Gasteiger partial charge on any atom is -0.457 e. The van der Waals surface area contributed by atoms with Crippen LogP contribution >= 0.6 is 0 Å². The maximum atomic E-state index is 12.5. The average Bonchev–Trinajstić information content (AvgIpc) is 3.48. The summed E-state index contributed by atoms with van der Waals surface area (Å²) in [6, 6.07) is 14.7. The second-order valence-electron chi connectivity index (χ2n) is 8.07. The molecule has 0 aliphatic carbocycles. The molecule has 1 atom stereocenters. The molecular weight excluding hydrogens is 438 g/mol. The Labute approximate surface area is 196 Å². The standard InChI is InChI=1S/C26H23NO7/c1-16-5-3-6-17(2)24(16)27-14-19(13-23(27)29)25(30)33-15-21(28)18-8-10-20(11-9-18)34-26(31)22-7-4-12-32-22/h3-12,19H,13-15H2,1-2H3/t19-/m1/s1. The van der Waals surface area contributed by atoms with Crippen LogP contribution in [0.5, 0.6) is 5.75 Å². The van der Waals surface area contributed by atoms with Gasteiger partial charge in [-0.15, -0.1) is 0 Å². The Morgan fingerprint density at radius 3 is 2.35 bits per heavy atom. The molecule has 0 bridgehead atoms. The Bertz CT molecular complexity index is 1210. The van der Waals surface area contributed by atoms with Crippen LogP contribution < -0.4 is 9.64 Å². The molecule has 0 unspecified atom stereocenters. The Balaban J connectivity index is 1.31. The van der Waals surface area contributed by atoms with Crippen LogP contribution in [0.15, 0.2) is 65.3 Å². The van der Waals surface area contributed by atoms with Crippen LogP contribution in [0.25, 0.3) is 0 Å². The van der Waals surface area contributed by atoms with E-state index < -0.39 is 30.2 Å². The van der Waals surface area contributed by atoms with Crippen LogP contribution in [0.2, 0.25) is 0 Å². The molecule has 1 aliphatic heterocycles. The number of carbonyl (C=O) groups is 4. The summed E-state index contributed by atoms with van der Waals surface area (Å²) in [7, 11) is 0. The van der Waals surface area contributed by atoms with Gasteiger partial charge in [0.25, 0.3) is 0 Å². The zero-order chi connectivity index (χ0) is 24.2. The van der Waals surface area contributed by atoms with Crippen LogP contribution in [-0.2, 0) is 14.3 Å². The first-order valence-corrected chi connectivity index (χ1v) is 10.8. The average molecular weight is 461 g/mol. The van der Waals surface area contributed by atoms with Crippen molar-refractivity contribution in [3.05, 3.63) is 83.3 Å². The number of nitrogens with zero attached hydrogens (tertiary/aromatic N) is 1. The quantitative estimate of drug-likeness (QED) is 0.299. The Kier molecular flexibility index (Phi) is 6.58. The van der Waals surface area contributed by atoms with Crippen molar-refractivity contribution >= 4 is 29.3 Å². The molecule has 2 heterocycles. The van der Waals surface area contributed by atoms with Crippen LogP contribution in [0.4, 0.5) is 5.69 Å². The van der Waals surface area contributed by atoms with Crippen LogP contribution in [-0.4, -0.2) is 36.8 Å². The largest absolute Gasteiger partial charge is 0.457 e. The number of rotatable bonds is 7. The van der Waals surface area contributed by atoms with Gasteiger partial charge in [0.05, 0.1) is 12.2 Å². The highest BCUT2D eigenvalue weighted by atomic mass is 16.5. The van der Waals surface area contributed by atoms with E-state index in [0.29, 0.717) is 5.56 Å². The molecule has 1 fully saturated rings. The minimum atomic E-state index is -0.654. The molecule has 1 amide bonds. The summed E-state index contributed by atoms with van der Waals surface area (Å²) in [5, 5.41) is 0. The second-order valence-corrected chi connectivity index (χ2v) is 8.07. The van der Waals surface area contributed by atoms with Crippen molar-refractivity contribution in [3.8, 4) is 5.75 Å². The molecule has 3 aromatic rings. The summed E-state index contributed by atoms with van der Waals surface area (Å²) in [4.78, 5) is 51.1. The highest BCUT2D eigenvalue weighted by molar-refractivity contribution is 6.01. The molecule has 1 saturated heterocycles. The van der Waals surface area contributed by atoms with E-state index in [2.05, 4.69) is 0 Å². The lowest BCUT2D eigenvalue weighted by Crippen LogP contribution is -2.28. The molecule has 0 saturated carbocycles. The number of ketones is 1. The van der Waals surface area contributed by atoms with Gasteiger partial charge in [-0.2, -0.15) is 0 Å². The zero-order valence-corrected chi connectivity index (χ0v) is 18.8. The molecule has 2 aromatic carbocycles. The van der Waals surface area contributed by atoms with Crippen molar-refractivity contribution in [2.75, 3.05) is 18.1 Å². The number of amides is 1. The van der Waals surface area contributed by atoms with Gasteiger partial charge in [0, 0.05) is 24.2 Å². The number of esters is 2. The fourth-order valence-electron chi connectivity index (χ4n) is 3.91. The third-order valence-corrected chi connectivity index (χ3v) is 5.62. The number of para-hydroxylation sites is 1. The van der Waals surface area contributed by atoms with Crippen molar-refractivity contribution < 1.29 is 33.1 Å². The predicted octanol–water partition coefficient (Wildman–Crippen LogP) is 3.89. The van der Waals surface area contributed by atoms with Crippen LogP contribution in [0.3, 0.4) is 0 Å². The molecule has 34 heavy (non-hydrogen) atoms. The Hall–Kier alpha value is -4.20. The molecule has 0 radical (unpaired) electrons. The number of aryl methyl sites for hydroxylation is 2. The summed E-state index contributed by atoms with van der Waals surface area (Å²) >= 11 is 0. The van der Waals surface area contributed by atoms with E-state index in [9.17, 15) is 19.2 Å². The highest BCUT2D eigenvalue weighted by Crippen LogP contribution is 2.31. The van der Waals surface area contributed by atoms with Crippen LogP contribution in [0, 0.1) is 19.8 Å². The fraction of sp³-hybridized carbons (Fsp3) is 0.231. The third kappa shape index (κ3) is 4.91. The van der Waals surface area contributed by atoms with E-state index in [1.54, 1.807) is 11.0 Å². The first-order chi connectivity index (χ1) is 16.3. The molecule has 1 aliphatic rings. The van der Waals surface area contributed by atoms with Crippen molar-refractivity contribution in [2.24, 2.45) is 5.92 Å². The molecule has 0 spiro atoms. The monoisotopic (exact) mass is 461 g/mol. The van der Waals surface area contributed by atoms with Gasteiger partial charge >= 0.3 is 11.9 Å². The van der Waals surface area contributed by atoms with Gasteiger partial charge in [-0.1, -0.05) is 18.2 Å². The van der Waals surface area contributed by atoms with Gasteiger partial charge in [-0.05, 0) is 61.4 Å². The third-order valence-electron chi connectivity index (χ3n) is 5.62. The number of furan rings is 1. The summed E-state index contributed by atoms with van der Waals surface area (Å²) in [6.45, 7) is 3.61. The Morgan fingerprint density at radius 2 is 1.71 bits per heavy atom. The van der Waals surface area contributed by atoms with Gasteiger partial charge in [0.2, 0.25) is 11.7 Å². The molecular formula is C26H23NO7. The van der Waals surface area contributed by atoms with E-state index in [-0.39, 0.29) is 30.4 Å². The van der Waals surface area contributed by atoms with E-state index in [1.165, 1.54) is 36.6 Å². The van der Waals surface area contributed by atoms with E-state index in [1.807, 2.05) is 32.0 Å². The minimum absolute atomic E-state index is 0.0382. The normalized spacial score (nSPS) is 15.3. The highest BCUT2D eigenvalue weighted by Gasteiger charge is 2.37. The topological polar surface area (TPSA) is 103 Å².